The van der Waals surface area contributed by atoms with Gasteiger partial charge in [0.2, 0.25) is 5.91 Å². The second-order valence-electron chi connectivity index (χ2n) is 6.18. The highest BCUT2D eigenvalue weighted by molar-refractivity contribution is 5.91. The molecule has 2 aromatic rings. The van der Waals surface area contributed by atoms with Gasteiger partial charge in [-0.1, -0.05) is 18.2 Å². The Balaban J connectivity index is 1.68. The highest BCUT2D eigenvalue weighted by Gasteiger charge is 2.52. The van der Waals surface area contributed by atoms with Gasteiger partial charge < -0.3 is 5.32 Å². The van der Waals surface area contributed by atoms with Gasteiger partial charge in [0.1, 0.15) is 5.82 Å². The van der Waals surface area contributed by atoms with E-state index >= 15 is 0 Å². The number of carbonyl (C=O) groups excluding carboxylic acids is 1. The maximum Gasteiger partial charge on any atom is 0.230 e. The van der Waals surface area contributed by atoms with Crippen molar-refractivity contribution < 1.29 is 9.18 Å². The van der Waals surface area contributed by atoms with Crippen molar-refractivity contribution in [1.29, 1.82) is 0 Å². The van der Waals surface area contributed by atoms with E-state index in [2.05, 4.69) is 15.5 Å². The Morgan fingerprint density at radius 2 is 2.18 bits per heavy atom. The summed E-state index contributed by atoms with van der Waals surface area (Å²) < 4.78 is 14.0. The number of hydrogen-bond donors (Lipinski definition) is 2. The Kier molecular flexibility index (Phi) is 3.72. The zero-order valence-corrected chi connectivity index (χ0v) is 12.8. The van der Waals surface area contributed by atoms with Crippen LogP contribution in [-0.4, -0.2) is 22.1 Å². The molecule has 1 aromatic carbocycles. The Morgan fingerprint density at radius 3 is 2.77 bits per heavy atom. The van der Waals surface area contributed by atoms with Crippen molar-refractivity contribution >= 4 is 5.91 Å². The molecule has 1 aliphatic rings. The molecule has 0 unspecified atom stereocenters. The first kappa shape index (κ1) is 14.8. The van der Waals surface area contributed by atoms with Crippen molar-refractivity contribution in [3.8, 4) is 0 Å². The number of nitrogens with one attached hydrogen (secondary N) is 2. The number of aromatic amines is 1. The summed E-state index contributed by atoms with van der Waals surface area (Å²) in [5, 5.41) is 10.1. The van der Waals surface area contributed by atoms with Crippen molar-refractivity contribution in [2.75, 3.05) is 0 Å². The molecular weight excluding hydrogens is 281 g/mol. The van der Waals surface area contributed by atoms with Crippen LogP contribution in [0.2, 0.25) is 0 Å². The van der Waals surface area contributed by atoms with Gasteiger partial charge in [-0.15, -0.1) is 0 Å². The van der Waals surface area contributed by atoms with E-state index in [1.54, 1.807) is 18.2 Å². The van der Waals surface area contributed by atoms with Gasteiger partial charge >= 0.3 is 0 Å². The molecule has 1 fully saturated rings. The van der Waals surface area contributed by atoms with E-state index in [9.17, 15) is 9.18 Å². The topological polar surface area (TPSA) is 57.8 Å². The maximum absolute atomic E-state index is 14.0. The standard InChI is InChI=1S/C17H20FN3O/c1-11(9-13-10-12(2)20-21-13)19-16(22)17(7-8-17)14-5-3-4-6-15(14)18/h3-6,10-11H,7-9H2,1-2H3,(H,19,22)(H,20,21)/t11-/m0/s1. The van der Waals surface area contributed by atoms with Crippen LogP contribution in [0.5, 0.6) is 0 Å². The summed E-state index contributed by atoms with van der Waals surface area (Å²) in [6.07, 6.45) is 2.06. The highest BCUT2D eigenvalue weighted by Crippen LogP contribution is 2.49. The number of H-pyrrole nitrogens is 1. The molecule has 0 bridgehead atoms. The van der Waals surface area contributed by atoms with Gasteiger partial charge in [-0.2, -0.15) is 5.10 Å². The Hall–Kier alpha value is -2.17. The summed E-state index contributed by atoms with van der Waals surface area (Å²) in [6.45, 7) is 3.89. The van der Waals surface area contributed by atoms with Gasteiger partial charge in [-0.3, -0.25) is 9.89 Å². The van der Waals surface area contributed by atoms with E-state index in [-0.39, 0.29) is 17.8 Å². The number of hydrogen-bond acceptors (Lipinski definition) is 2. The molecule has 22 heavy (non-hydrogen) atoms. The van der Waals surface area contributed by atoms with E-state index in [4.69, 9.17) is 0 Å². The SMILES string of the molecule is Cc1cc(C[C@H](C)NC(=O)C2(c3ccccc3F)CC2)n[nH]1. The lowest BCUT2D eigenvalue weighted by Gasteiger charge is -2.20. The summed E-state index contributed by atoms with van der Waals surface area (Å²) in [5.41, 5.74) is 1.75. The predicted molar refractivity (Wildman–Crippen MR) is 81.9 cm³/mol. The van der Waals surface area contributed by atoms with Crippen LogP contribution in [0, 0.1) is 12.7 Å². The molecule has 0 aliphatic heterocycles. The lowest BCUT2D eigenvalue weighted by Crippen LogP contribution is -2.41. The summed E-state index contributed by atoms with van der Waals surface area (Å²) >= 11 is 0. The Morgan fingerprint density at radius 1 is 1.45 bits per heavy atom. The molecule has 3 rings (SSSR count). The van der Waals surface area contributed by atoms with Crippen LogP contribution >= 0.6 is 0 Å². The number of rotatable bonds is 5. The Bertz CT molecular complexity index is 691. The summed E-state index contributed by atoms with van der Waals surface area (Å²) in [4.78, 5) is 12.6. The molecule has 1 heterocycles. The third-order valence-corrected chi connectivity index (χ3v) is 4.23. The van der Waals surface area contributed by atoms with E-state index in [1.165, 1.54) is 6.07 Å². The number of carbonyl (C=O) groups is 1. The smallest absolute Gasteiger partial charge is 0.230 e. The van der Waals surface area contributed by atoms with Crippen LogP contribution in [0.25, 0.3) is 0 Å². The van der Waals surface area contributed by atoms with Crippen LogP contribution in [0.15, 0.2) is 30.3 Å². The predicted octanol–water partition coefficient (Wildman–Crippen LogP) is 2.64. The zero-order valence-electron chi connectivity index (χ0n) is 12.8. The fourth-order valence-corrected chi connectivity index (χ4v) is 2.90. The van der Waals surface area contributed by atoms with Crippen LogP contribution in [-0.2, 0) is 16.6 Å². The summed E-state index contributed by atoms with van der Waals surface area (Å²) in [6, 6.07) is 8.48. The first-order valence-electron chi connectivity index (χ1n) is 7.58. The molecule has 1 amide bonds. The average Bonchev–Trinajstić information content (AvgIpc) is 3.18. The van der Waals surface area contributed by atoms with E-state index in [1.807, 2.05) is 19.9 Å². The molecule has 0 saturated heterocycles. The number of benzene rings is 1. The number of halogens is 1. The Labute approximate surface area is 129 Å². The molecule has 1 atom stereocenters. The molecule has 2 N–H and O–H groups in total. The van der Waals surface area contributed by atoms with Crippen molar-refractivity contribution in [2.45, 2.75) is 44.6 Å². The maximum atomic E-state index is 14.0. The van der Waals surface area contributed by atoms with Gasteiger partial charge in [0.05, 0.1) is 11.1 Å². The van der Waals surface area contributed by atoms with E-state index in [0.717, 1.165) is 11.4 Å². The minimum Gasteiger partial charge on any atom is -0.352 e. The monoisotopic (exact) mass is 301 g/mol. The van der Waals surface area contributed by atoms with Crippen molar-refractivity contribution in [2.24, 2.45) is 0 Å². The average molecular weight is 301 g/mol. The van der Waals surface area contributed by atoms with Crippen LogP contribution in [0.1, 0.15) is 36.7 Å². The zero-order chi connectivity index (χ0) is 15.7. The lowest BCUT2D eigenvalue weighted by atomic mass is 9.94. The fourth-order valence-electron chi connectivity index (χ4n) is 2.90. The van der Waals surface area contributed by atoms with Gasteiger partial charge in [-0.05, 0) is 38.8 Å². The number of aryl methyl sites for hydroxylation is 1. The van der Waals surface area contributed by atoms with Crippen LogP contribution < -0.4 is 5.32 Å². The minimum atomic E-state index is -0.679. The molecular formula is C17H20FN3O. The molecule has 1 saturated carbocycles. The second-order valence-corrected chi connectivity index (χ2v) is 6.18. The second kappa shape index (κ2) is 5.55. The molecule has 1 aromatic heterocycles. The largest absolute Gasteiger partial charge is 0.352 e. The molecule has 4 nitrogen and oxygen atoms in total. The molecule has 5 heteroatoms. The number of nitrogens with zero attached hydrogens (tertiary/aromatic N) is 1. The summed E-state index contributed by atoms with van der Waals surface area (Å²) in [7, 11) is 0. The van der Waals surface area contributed by atoms with E-state index < -0.39 is 5.41 Å². The van der Waals surface area contributed by atoms with Crippen molar-refractivity contribution in [3.05, 3.63) is 53.1 Å². The third-order valence-electron chi connectivity index (χ3n) is 4.23. The first-order chi connectivity index (χ1) is 10.5. The van der Waals surface area contributed by atoms with E-state index in [0.29, 0.717) is 24.8 Å². The van der Waals surface area contributed by atoms with Gasteiger partial charge in [0, 0.05) is 23.7 Å². The molecule has 0 radical (unpaired) electrons. The third kappa shape index (κ3) is 2.75. The molecule has 0 spiro atoms. The van der Waals surface area contributed by atoms with Crippen molar-refractivity contribution in [1.82, 2.24) is 15.5 Å². The van der Waals surface area contributed by atoms with Crippen molar-refractivity contribution in [3.63, 3.8) is 0 Å². The van der Waals surface area contributed by atoms with Gasteiger partial charge in [0.25, 0.3) is 0 Å². The van der Waals surface area contributed by atoms with Crippen LogP contribution in [0.4, 0.5) is 4.39 Å². The first-order valence-corrected chi connectivity index (χ1v) is 7.58. The van der Waals surface area contributed by atoms with Gasteiger partial charge in [-0.25, -0.2) is 4.39 Å². The van der Waals surface area contributed by atoms with Crippen LogP contribution in [0.3, 0.4) is 0 Å². The lowest BCUT2D eigenvalue weighted by molar-refractivity contribution is -0.124. The fraction of sp³-hybridized carbons (Fsp3) is 0.412. The van der Waals surface area contributed by atoms with Gasteiger partial charge in [0.15, 0.2) is 0 Å². The summed E-state index contributed by atoms with van der Waals surface area (Å²) in [5.74, 6) is -0.386. The number of aromatic nitrogens is 2. The molecule has 1 aliphatic carbocycles. The quantitative estimate of drug-likeness (QED) is 0.892. The molecule has 116 valence electrons. The number of amides is 1. The normalized spacial score (nSPS) is 17.0. The highest BCUT2D eigenvalue weighted by atomic mass is 19.1. The minimum absolute atomic E-state index is 0.0422.